The van der Waals surface area contributed by atoms with Crippen molar-refractivity contribution in [2.75, 3.05) is 31.1 Å². The number of alkyl halides is 3. The van der Waals surface area contributed by atoms with Crippen LogP contribution >= 0.6 is 0 Å². The molecule has 2 heterocycles. The molecule has 2 N–H and O–H groups in total. The smallest absolute Gasteiger partial charge is 0.341 e. The normalized spacial score (nSPS) is 17.6. The van der Waals surface area contributed by atoms with Gasteiger partial charge in [-0.25, -0.2) is 4.98 Å². The SMILES string of the molecule is O=c1cc(C(F)(F)F)nc(N2CCCNCC2)[nH]1. The lowest BCUT2D eigenvalue weighted by atomic mass is 10.4. The summed E-state index contributed by atoms with van der Waals surface area (Å²) in [6.07, 6.45) is -3.81. The van der Waals surface area contributed by atoms with E-state index in [1.807, 2.05) is 0 Å². The summed E-state index contributed by atoms with van der Waals surface area (Å²) in [4.78, 5) is 18.7. The lowest BCUT2D eigenvalue weighted by Crippen LogP contribution is -2.32. The van der Waals surface area contributed by atoms with Crippen LogP contribution in [-0.2, 0) is 6.18 Å². The van der Waals surface area contributed by atoms with E-state index in [2.05, 4.69) is 15.3 Å². The fourth-order valence-corrected chi connectivity index (χ4v) is 1.80. The zero-order valence-electron chi connectivity index (χ0n) is 9.55. The maximum atomic E-state index is 12.5. The van der Waals surface area contributed by atoms with E-state index in [1.165, 1.54) is 0 Å². The molecule has 0 aliphatic carbocycles. The summed E-state index contributed by atoms with van der Waals surface area (Å²) < 4.78 is 37.6. The first kappa shape index (κ1) is 12.9. The van der Waals surface area contributed by atoms with Crippen LogP contribution in [-0.4, -0.2) is 36.1 Å². The summed E-state index contributed by atoms with van der Waals surface area (Å²) in [7, 11) is 0. The van der Waals surface area contributed by atoms with Crippen LogP contribution in [0, 0.1) is 0 Å². The highest BCUT2D eigenvalue weighted by molar-refractivity contribution is 5.31. The van der Waals surface area contributed by atoms with Crippen molar-refractivity contribution in [2.45, 2.75) is 12.6 Å². The highest BCUT2D eigenvalue weighted by Crippen LogP contribution is 2.27. The average Bonchev–Trinajstić information content (AvgIpc) is 2.55. The summed E-state index contributed by atoms with van der Waals surface area (Å²) in [5.41, 5.74) is -1.94. The molecule has 1 aromatic rings. The second kappa shape index (κ2) is 4.97. The fourth-order valence-electron chi connectivity index (χ4n) is 1.80. The molecule has 1 aliphatic rings. The molecule has 0 unspecified atom stereocenters. The van der Waals surface area contributed by atoms with Gasteiger partial charge in [-0.05, 0) is 13.0 Å². The molecule has 1 saturated heterocycles. The van der Waals surface area contributed by atoms with Crippen LogP contribution in [0.1, 0.15) is 12.1 Å². The zero-order valence-corrected chi connectivity index (χ0v) is 9.55. The minimum Gasteiger partial charge on any atom is -0.341 e. The first-order chi connectivity index (χ1) is 8.47. The Kier molecular flexibility index (Phi) is 3.55. The standard InChI is InChI=1S/C10H13F3N4O/c11-10(12,13)7-6-8(18)16-9(15-7)17-4-1-2-14-3-5-17/h6,14H,1-5H2,(H,15,16,18). The number of hydrogen-bond donors (Lipinski definition) is 2. The molecule has 0 amide bonds. The average molecular weight is 262 g/mol. The predicted molar refractivity (Wildman–Crippen MR) is 59.6 cm³/mol. The molecule has 8 heteroatoms. The number of aromatic nitrogens is 2. The van der Waals surface area contributed by atoms with Crippen molar-refractivity contribution < 1.29 is 13.2 Å². The highest BCUT2D eigenvalue weighted by Gasteiger charge is 2.34. The van der Waals surface area contributed by atoms with Crippen LogP contribution in [0.3, 0.4) is 0 Å². The number of anilines is 1. The van der Waals surface area contributed by atoms with E-state index in [0.717, 1.165) is 13.0 Å². The van der Waals surface area contributed by atoms with E-state index in [0.29, 0.717) is 25.7 Å². The number of nitrogens with zero attached hydrogens (tertiary/aromatic N) is 2. The molecule has 100 valence electrons. The van der Waals surface area contributed by atoms with Crippen molar-refractivity contribution in [3.63, 3.8) is 0 Å². The van der Waals surface area contributed by atoms with Gasteiger partial charge in [-0.3, -0.25) is 9.78 Å². The molecule has 0 saturated carbocycles. The van der Waals surface area contributed by atoms with Crippen LogP contribution < -0.4 is 15.8 Å². The molecular formula is C10H13F3N4O. The Bertz CT molecular complexity index is 463. The Morgan fingerprint density at radius 3 is 2.78 bits per heavy atom. The third kappa shape index (κ3) is 3.00. The highest BCUT2D eigenvalue weighted by atomic mass is 19.4. The van der Waals surface area contributed by atoms with E-state index in [9.17, 15) is 18.0 Å². The van der Waals surface area contributed by atoms with E-state index in [1.54, 1.807) is 4.90 Å². The Morgan fingerprint density at radius 2 is 2.06 bits per heavy atom. The maximum absolute atomic E-state index is 12.5. The van der Waals surface area contributed by atoms with Crippen molar-refractivity contribution in [1.82, 2.24) is 15.3 Å². The molecule has 1 fully saturated rings. The van der Waals surface area contributed by atoms with Gasteiger partial charge in [0.25, 0.3) is 5.56 Å². The Morgan fingerprint density at radius 1 is 1.28 bits per heavy atom. The summed E-state index contributed by atoms with van der Waals surface area (Å²) >= 11 is 0. The third-order valence-corrected chi connectivity index (χ3v) is 2.66. The van der Waals surface area contributed by atoms with Crippen LogP contribution in [0.2, 0.25) is 0 Å². The number of rotatable bonds is 1. The van der Waals surface area contributed by atoms with Gasteiger partial charge in [0.05, 0.1) is 0 Å². The summed E-state index contributed by atoms with van der Waals surface area (Å²) in [6.45, 7) is 2.54. The van der Waals surface area contributed by atoms with Crippen LogP contribution in [0.5, 0.6) is 0 Å². The molecule has 0 atom stereocenters. The van der Waals surface area contributed by atoms with Crippen LogP contribution in [0.15, 0.2) is 10.9 Å². The molecule has 1 aromatic heterocycles. The van der Waals surface area contributed by atoms with Gasteiger partial charge in [0.15, 0.2) is 5.69 Å². The maximum Gasteiger partial charge on any atom is 0.433 e. The van der Waals surface area contributed by atoms with Gasteiger partial charge in [-0.15, -0.1) is 0 Å². The van der Waals surface area contributed by atoms with E-state index >= 15 is 0 Å². The largest absolute Gasteiger partial charge is 0.433 e. The Hall–Kier alpha value is -1.57. The number of halogens is 3. The molecule has 0 spiro atoms. The minimum atomic E-state index is -4.60. The van der Waals surface area contributed by atoms with Gasteiger partial charge in [-0.1, -0.05) is 0 Å². The third-order valence-electron chi connectivity index (χ3n) is 2.66. The summed E-state index contributed by atoms with van der Waals surface area (Å²) in [5, 5.41) is 3.12. The summed E-state index contributed by atoms with van der Waals surface area (Å²) in [6, 6.07) is 0.472. The van der Waals surface area contributed by atoms with E-state index in [-0.39, 0.29) is 5.95 Å². The Balaban J connectivity index is 2.32. The predicted octanol–water partition coefficient (Wildman–Crippen LogP) is 0.588. The van der Waals surface area contributed by atoms with Gasteiger partial charge in [0.2, 0.25) is 5.95 Å². The molecule has 0 aromatic carbocycles. The lowest BCUT2D eigenvalue weighted by Gasteiger charge is -2.20. The number of hydrogen-bond acceptors (Lipinski definition) is 4. The number of H-pyrrole nitrogens is 1. The van der Waals surface area contributed by atoms with E-state index in [4.69, 9.17) is 0 Å². The number of nitrogens with one attached hydrogen (secondary N) is 2. The van der Waals surface area contributed by atoms with Crippen molar-refractivity contribution in [3.05, 3.63) is 22.1 Å². The van der Waals surface area contributed by atoms with Crippen molar-refractivity contribution in [3.8, 4) is 0 Å². The number of aromatic amines is 1. The summed E-state index contributed by atoms with van der Waals surface area (Å²) in [5.74, 6) is -0.0153. The molecule has 5 nitrogen and oxygen atoms in total. The minimum absolute atomic E-state index is 0.0153. The second-order valence-corrected chi connectivity index (χ2v) is 4.04. The van der Waals surface area contributed by atoms with Gasteiger partial charge in [0.1, 0.15) is 0 Å². The zero-order chi connectivity index (χ0) is 13.2. The first-order valence-electron chi connectivity index (χ1n) is 5.61. The van der Waals surface area contributed by atoms with Gasteiger partial charge in [0, 0.05) is 25.7 Å². The fraction of sp³-hybridized carbons (Fsp3) is 0.600. The van der Waals surface area contributed by atoms with Crippen molar-refractivity contribution in [1.29, 1.82) is 0 Å². The van der Waals surface area contributed by atoms with E-state index < -0.39 is 17.4 Å². The van der Waals surface area contributed by atoms with Gasteiger partial charge in [-0.2, -0.15) is 13.2 Å². The van der Waals surface area contributed by atoms with Gasteiger partial charge >= 0.3 is 6.18 Å². The molecule has 1 aliphatic heterocycles. The van der Waals surface area contributed by atoms with Crippen molar-refractivity contribution in [2.24, 2.45) is 0 Å². The topological polar surface area (TPSA) is 61.0 Å². The molecular weight excluding hydrogens is 249 g/mol. The molecule has 0 bridgehead atoms. The quantitative estimate of drug-likeness (QED) is 0.777. The lowest BCUT2D eigenvalue weighted by molar-refractivity contribution is -0.141. The van der Waals surface area contributed by atoms with Crippen molar-refractivity contribution >= 4 is 5.95 Å². The van der Waals surface area contributed by atoms with Crippen LogP contribution in [0.25, 0.3) is 0 Å². The molecule has 18 heavy (non-hydrogen) atoms. The molecule has 2 rings (SSSR count). The molecule has 0 radical (unpaired) electrons. The van der Waals surface area contributed by atoms with Gasteiger partial charge < -0.3 is 10.2 Å². The Labute approximate surface area is 101 Å². The second-order valence-electron chi connectivity index (χ2n) is 4.04. The van der Waals surface area contributed by atoms with Crippen LogP contribution in [0.4, 0.5) is 19.1 Å². The monoisotopic (exact) mass is 262 g/mol. The first-order valence-corrected chi connectivity index (χ1v) is 5.61.